The number of amides is 1. The van der Waals surface area contributed by atoms with Gasteiger partial charge in [-0.05, 0) is 19.9 Å². The fourth-order valence-corrected chi connectivity index (χ4v) is 4.80. The Morgan fingerprint density at radius 1 is 1.28 bits per heavy atom. The first-order valence-corrected chi connectivity index (χ1v) is 9.89. The maximum absolute atomic E-state index is 12.4. The van der Waals surface area contributed by atoms with Gasteiger partial charge >= 0.3 is 0 Å². The molecule has 0 atom stereocenters. The van der Waals surface area contributed by atoms with Crippen molar-refractivity contribution in [2.75, 3.05) is 5.32 Å². The summed E-state index contributed by atoms with van der Waals surface area (Å²) in [5.41, 5.74) is 1.51. The maximum Gasteiger partial charge on any atom is 0.271 e. The zero-order valence-corrected chi connectivity index (χ0v) is 15.7. The molecule has 4 aromatic heterocycles. The maximum atomic E-state index is 12.4. The van der Waals surface area contributed by atoms with Gasteiger partial charge in [0.05, 0.1) is 5.69 Å². The molecule has 0 aromatic carbocycles. The number of hydrogen-bond donors (Lipinski definition) is 1. The number of rotatable bonds is 3. The minimum Gasteiger partial charge on any atom is -0.298 e. The van der Waals surface area contributed by atoms with Crippen molar-refractivity contribution in [2.24, 2.45) is 0 Å². The van der Waals surface area contributed by atoms with Crippen LogP contribution in [0.25, 0.3) is 16.2 Å². The van der Waals surface area contributed by atoms with Crippen LogP contribution >= 0.6 is 34.0 Å². The van der Waals surface area contributed by atoms with Crippen molar-refractivity contribution in [3.63, 3.8) is 0 Å². The molecule has 0 aliphatic rings. The van der Waals surface area contributed by atoms with Crippen molar-refractivity contribution in [1.29, 1.82) is 0 Å². The van der Waals surface area contributed by atoms with E-state index in [1.54, 1.807) is 22.9 Å². The third kappa shape index (κ3) is 2.90. The first kappa shape index (κ1) is 16.1. The minimum atomic E-state index is -0.503. The highest BCUT2D eigenvalue weighted by Gasteiger charge is 2.16. The van der Waals surface area contributed by atoms with Crippen LogP contribution in [0, 0.1) is 13.8 Å². The predicted octanol–water partition coefficient (Wildman–Crippen LogP) is 3.81. The number of aromatic nitrogens is 3. The highest BCUT2D eigenvalue weighted by atomic mass is 32.1. The molecule has 1 N–H and O–H groups in total. The van der Waals surface area contributed by atoms with E-state index in [1.165, 1.54) is 43.0 Å². The second kappa shape index (κ2) is 6.17. The van der Waals surface area contributed by atoms with Gasteiger partial charge in [0.2, 0.25) is 0 Å². The Hall–Kier alpha value is -2.36. The Morgan fingerprint density at radius 3 is 2.88 bits per heavy atom. The van der Waals surface area contributed by atoms with Gasteiger partial charge in [-0.15, -0.1) is 34.0 Å². The monoisotopic (exact) mass is 388 g/mol. The summed E-state index contributed by atoms with van der Waals surface area (Å²) < 4.78 is 1.37. The number of hydrogen-bond acceptors (Lipinski definition) is 7. The molecule has 4 heterocycles. The molecular formula is C16H12N4O2S3. The summed E-state index contributed by atoms with van der Waals surface area (Å²) in [4.78, 5) is 36.3. The molecule has 9 heteroatoms. The van der Waals surface area contributed by atoms with Gasteiger partial charge in [-0.3, -0.25) is 19.3 Å². The number of carbonyl (C=O) groups excluding carboxylic acids is 1. The van der Waals surface area contributed by atoms with Crippen LogP contribution in [-0.2, 0) is 0 Å². The zero-order chi connectivity index (χ0) is 17.6. The zero-order valence-electron chi connectivity index (χ0n) is 13.3. The van der Waals surface area contributed by atoms with Crippen molar-refractivity contribution < 1.29 is 4.79 Å². The van der Waals surface area contributed by atoms with Crippen molar-refractivity contribution in [1.82, 2.24) is 14.4 Å². The van der Waals surface area contributed by atoms with E-state index in [0.29, 0.717) is 10.1 Å². The molecule has 0 aliphatic carbocycles. The fraction of sp³-hybridized carbons (Fsp3) is 0.125. The van der Waals surface area contributed by atoms with Crippen molar-refractivity contribution >= 4 is 50.0 Å². The number of nitrogens with one attached hydrogen (secondary N) is 1. The van der Waals surface area contributed by atoms with E-state index in [4.69, 9.17) is 0 Å². The van der Waals surface area contributed by atoms with Crippen LogP contribution in [0.1, 0.15) is 20.1 Å². The number of carbonyl (C=O) groups is 1. The third-order valence-corrected chi connectivity index (χ3v) is 6.12. The van der Waals surface area contributed by atoms with Crippen molar-refractivity contribution in [3.05, 3.63) is 54.9 Å². The van der Waals surface area contributed by atoms with Gasteiger partial charge in [-0.1, -0.05) is 0 Å². The Labute approximate surface area is 154 Å². The van der Waals surface area contributed by atoms with Gasteiger partial charge in [-0.25, -0.2) is 9.97 Å². The van der Waals surface area contributed by atoms with Gasteiger partial charge in [0.1, 0.15) is 5.56 Å². The van der Waals surface area contributed by atoms with Crippen LogP contribution in [0.15, 0.2) is 34.0 Å². The van der Waals surface area contributed by atoms with Crippen LogP contribution in [0.3, 0.4) is 0 Å². The number of nitrogens with zero attached hydrogens (tertiary/aromatic N) is 3. The summed E-state index contributed by atoms with van der Waals surface area (Å²) >= 11 is 4.39. The molecule has 0 aliphatic heterocycles. The number of anilines is 1. The van der Waals surface area contributed by atoms with E-state index in [1.807, 2.05) is 12.3 Å². The number of thiazole rings is 2. The standard InChI is InChI=1S/C16H12N4O2S3/c1-8-5-10(9(2)25-8)12-7-24-15(18-12)19-13(21)11-6-17-16-20(14(11)22)3-4-23-16/h3-7H,1-2H3,(H,18,19,21). The Kier molecular flexibility index (Phi) is 3.98. The molecule has 0 radical (unpaired) electrons. The summed E-state index contributed by atoms with van der Waals surface area (Å²) in [6.07, 6.45) is 2.92. The van der Waals surface area contributed by atoms with Gasteiger partial charge in [0, 0.05) is 38.5 Å². The lowest BCUT2D eigenvalue weighted by Crippen LogP contribution is -2.25. The topological polar surface area (TPSA) is 76.4 Å². The molecule has 4 aromatic rings. The Balaban J connectivity index is 1.61. The summed E-state index contributed by atoms with van der Waals surface area (Å²) in [5, 5.41) is 6.80. The lowest BCUT2D eigenvalue weighted by atomic mass is 10.2. The summed E-state index contributed by atoms with van der Waals surface area (Å²) in [6, 6.07) is 2.08. The molecule has 25 heavy (non-hydrogen) atoms. The van der Waals surface area contributed by atoms with Crippen LogP contribution in [0.2, 0.25) is 0 Å². The second-order valence-electron chi connectivity index (χ2n) is 5.35. The number of thiophene rings is 1. The van der Waals surface area contributed by atoms with Crippen LogP contribution in [-0.4, -0.2) is 20.3 Å². The lowest BCUT2D eigenvalue weighted by Gasteiger charge is -2.01. The molecule has 0 saturated carbocycles. The summed E-state index contributed by atoms with van der Waals surface area (Å²) in [7, 11) is 0. The third-order valence-electron chi connectivity index (χ3n) is 3.63. The molecule has 1 amide bonds. The van der Waals surface area contributed by atoms with Crippen LogP contribution in [0.5, 0.6) is 0 Å². The van der Waals surface area contributed by atoms with Gasteiger partial charge < -0.3 is 0 Å². The molecule has 0 bridgehead atoms. The highest BCUT2D eigenvalue weighted by molar-refractivity contribution is 7.15. The van der Waals surface area contributed by atoms with Crippen molar-refractivity contribution in [2.45, 2.75) is 13.8 Å². The van der Waals surface area contributed by atoms with Gasteiger partial charge in [0.15, 0.2) is 10.1 Å². The normalized spacial score (nSPS) is 11.1. The lowest BCUT2D eigenvalue weighted by molar-refractivity contribution is 0.102. The average Bonchev–Trinajstić information content (AvgIpc) is 3.27. The second-order valence-corrected chi connectivity index (χ2v) is 8.54. The predicted molar refractivity (Wildman–Crippen MR) is 102 cm³/mol. The summed E-state index contributed by atoms with van der Waals surface area (Å²) in [5.74, 6) is -0.503. The Morgan fingerprint density at radius 2 is 2.12 bits per heavy atom. The first-order valence-electron chi connectivity index (χ1n) is 7.32. The van der Waals surface area contributed by atoms with E-state index in [2.05, 4.69) is 28.3 Å². The van der Waals surface area contributed by atoms with E-state index < -0.39 is 5.91 Å². The smallest absolute Gasteiger partial charge is 0.271 e. The summed E-state index contributed by atoms with van der Waals surface area (Å²) in [6.45, 7) is 4.10. The molecule has 0 unspecified atom stereocenters. The SMILES string of the molecule is Cc1cc(-c2csc(NC(=O)c3cnc4sccn4c3=O)n2)c(C)s1. The number of aryl methyl sites for hydroxylation is 2. The van der Waals surface area contributed by atoms with E-state index >= 15 is 0 Å². The molecule has 0 fully saturated rings. The first-order chi connectivity index (χ1) is 12.0. The van der Waals surface area contributed by atoms with Crippen LogP contribution in [0.4, 0.5) is 5.13 Å². The van der Waals surface area contributed by atoms with E-state index in [0.717, 1.165) is 11.3 Å². The van der Waals surface area contributed by atoms with E-state index in [-0.39, 0.29) is 11.1 Å². The van der Waals surface area contributed by atoms with Crippen molar-refractivity contribution in [3.8, 4) is 11.3 Å². The minimum absolute atomic E-state index is 0.00444. The fourth-order valence-electron chi connectivity index (χ4n) is 2.48. The Bertz CT molecular complexity index is 1150. The number of fused-ring (bicyclic) bond motifs is 1. The highest BCUT2D eigenvalue weighted by Crippen LogP contribution is 2.32. The molecule has 126 valence electrons. The van der Waals surface area contributed by atoms with E-state index in [9.17, 15) is 9.59 Å². The molecule has 6 nitrogen and oxygen atoms in total. The van der Waals surface area contributed by atoms with Gasteiger partial charge in [0.25, 0.3) is 11.5 Å². The molecule has 4 rings (SSSR count). The largest absolute Gasteiger partial charge is 0.298 e. The molecular weight excluding hydrogens is 376 g/mol. The average molecular weight is 388 g/mol. The van der Waals surface area contributed by atoms with Gasteiger partial charge in [-0.2, -0.15) is 0 Å². The molecule has 0 saturated heterocycles. The molecule has 0 spiro atoms. The van der Waals surface area contributed by atoms with Crippen LogP contribution < -0.4 is 10.9 Å². The quantitative estimate of drug-likeness (QED) is 0.579.